The van der Waals surface area contributed by atoms with Gasteiger partial charge in [0.25, 0.3) is 0 Å². The molecule has 0 bridgehead atoms. The Morgan fingerprint density at radius 2 is 1.92 bits per heavy atom. The monoisotopic (exact) mass is 179 g/mol. The van der Waals surface area contributed by atoms with Gasteiger partial charge >= 0.3 is 6.09 Å². The van der Waals surface area contributed by atoms with Gasteiger partial charge in [0.15, 0.2) is 0 Å². The van der Waals surface area contributed by atoms with E-state index in [0.29, 0.717) is 13.2 Å². The summed E-state index contributed by atoms with van der Waals surface area (Å²) in [6.45, 7) is 0.864. The molecule has 0 radical (unpaired) electrons. The lowest BCUT2D eigenvalue weighted by molar-refractivity contribution is 0.0281. The Balaban J connectivity index is 2.86. The second-order valence-corrected chi connectivity index (χ2v) is 1.87. The highest BCUT2D eigenvalue weighted by molar-refractivity contribution is 5.64. The molecular weight excluding hydrogens is 166 g/mol. The van der Waals surface area contributed by atoms with E-state index in [0.717, 1.165) is 0 Å². The summed E-state index contributed by atoms with van der Waals surface area (Å²) in [6.07, 6.45) is -1.12. The van der Waals surface area contributed by atoms with Crippen molar-refractivity contribution in [2.45, 2.75) is 0 Å². The molecule has 0 saturated heterocycles. The molecule has 1 amide bonds. The molecule has 0 spiro atoms. The van der Waals surface area contributed by atoms with Crippen LogP contribution in [0.4, 0.5) is 4.79 Å². The number of ether oxygens (including phenoxy) is 2. The minimum absolute atomic E-state index is 0.0205. The van der Waals surface area contributed by atoms with Gasteiger partial charge in [0.05, 0.1) is 26.4 Å². The van der Waals surface area contributed by atoms with E-state index in [2.05, 4.69) is 0 Å². The van der Waals surface area contributed by atoms with Crippen LogP contribution in [0, 0.1) is 0 Å². The smallest absolute Gasteiger partial charge is 0.406 e. The molecule has 0 atom stereocenters. The van der Waals surface area contributed by atoms with E-state index in [1.165, 1.54) is 0 Å². The average molecular weight is 179 g/mol. The highest BCUT2D eigenvalue weighted by Gasteiger charge is 1.92. The summed E-state index contributed by atoms with van der Waals surface area (Å²) < 4.78 is 9.63. The lowest BCUT2D eigenvalue weighted by Crippen LogP contribution is -2.24. The molecular formula is C6H13NO5. The first kappa shape index (κ1) is 11.2. The van der Waals surface area contributed by atoms with Crippen LogP contribution in [0.1, 0.15) is 0 Å². The van der Waals surface area contributed by atoms with Crippen LogP contribution in [0.2, 0.25) is 0 Å². The second-order valence-electron chi connectivity index (χ2n) is 1.87. The minimum atomic E-state index is -1.12. The zero-order valence-electron chi connectivity index (χ0n) is 6.65. The van der Waals surface area contributed by atoms with Crippen LogP contribution in [0.25, 0.3) is 0 Å². The van der Waals surface area contributed by atoms with Gasteiger partial charge in [-0.15, -0.1) is 0 Å². The molecule has 3 N–H and O–H groups in total. The zero-order valence-corrected chi connectivity index (χ0v) is 6.65. The van der Waals surface area contributed by atoms with Crippen LogP contribution in [-0.2, 0) is 9.47 Å². The summed E-state index contributed by atoms with van der Waals surface area (Å²) in [6, 6.07) is 0. The molecule has 0 rings (SSSR count). The van der Waals surface area contributed by atoms with Gasteiger partial charge in [0.2, 0.25) is 0 Å². The van der Waals surface area contributed by atoms with E-state index in [9.17, 15) is 4.79 Å². The van der Waals surface area contributed by atoms with Gasteiger partial charge in [0.1, 0.15) is 6.73 Å². The number of amides is 1. The van der Waals surface area contributed by atoms with E-state index in [1.807, 2.05) is 5.32 Å². The fourth-order valence-electron chi connectivity index (χ4n) is 0.469. The zero-order chi connectivity index (χ0) is 9.23. The summed E-state index contributed by atoms with van der Waals surface area (Å²) >= 11 is 0. The van der Waals surface area contributed by atoms with Crippen molar-refractivity contribution in [3.63, 3.8) is 0 Å². The number of aliphatic hydroxyl groups is 1. The van der Waals surface area contributed by atoms with Gasteiger partial charge < -0.3 is 19.7 Å². The summed E-state index contributed by atoms with van der Waals surface area (Å²) in [7, 11) is 0. The van der Waals surface area contributed by atoms with Crippen molar-refractivity contribution in [1.82, 2.24) is 5.32 Å². The van der Waals surface area contributed by atoms with Crippen molar-refractivity contribution in [2.75, 3.05) is 33.2 Å². The summed E-state index contributed by atoms with van der Waals surface area (Å²) in [5.74, 6) is 0. The molecule has 0 saturated carbocycles. The average Bonchev–Trinajstić information content (AvgIpc) is 2.02. The van der Waals surface area contributed by atoms with Gasteiger partial charge in [0, 0.05) is 0 Å². The molecule has 12 heavy (non-hydrogen) atoms. The molecule has 0 aliphatic carbocycles. The molecule has 0 heterocycles. The van der Waals surface area contributed by atoms with Crippen molar-refractivity contribution < 1.29 is 24.5 Å². The minimum Gasteiger partial charge on any atom is -0.465 e. The van der Waals surface area contributed by atoms with Crippen LogP contribution in [0.15, 0.2) is 0 Å². The van der Waals surface area contributed by atoms with Crippen LogP contribution < -0.4 is 5.32 Å². The third-order valence-corrected chi connectivity index (χ3v) is 0.933. The molecule has 0 fully saturated rings. The van der Waals surface area contributed by atoms with E-state index in [1.54, 1.807) is 0 Å². The molecule has 0 aromatic heterocycles. The Morgan fingerprint density at radius 1 is 1.25 bits per heavy atom. The number of carboxylic acid groups (broad SMARTS) is 1. The van der Waals surface area contributed by atoms with Crippen molar-refractivity contribution in [2.24, 2.45) is 0 Å². The molecule has 6 heteroatoms. The summed E-state index contributed by atoms with van der Waals surface area (Å²) in [5, 5.41) is 18.4. The van der Waals surface area contributed by atoms with E-state index >= 15 is 0 Å². The normalized spacial score (nSPS) is 9.75. The first-order valence-electron chi connectivity index (χ1n) is 3.50. The van der Waals surface area contributed by atoms with E-state index < -0.39 is 6.09 Å². The topological polar surface area (TPSA) is 88.0 Å². The first-order chi connectivity index (χ1) is 5.77. The number of aliphatic hydroxyl groups excluding tert-OH is 1. The molecule has 0 aliphatic heterocycles. The highest BCUT2D eigenvalue weighted by Crippen LogP contribution is 1.76. The predicted molar refractivity (Wildman–Crippen MR) is 39.9 cm³/mol. The SMILES string of the molecule is O=C(O)NCOCCOCCO. The van der Waals surface area contributed by atoms with E-state index in [-0.39, 0.29) is 19.9 Å². The third-order valence-electron chi connectivity index (χ3n) is 0.933. The molecule has 6 nitrogen and oxygen atoms in total. The van der Waals surface area contributed by atoms with Crippen LogP contribution in [0.5, 0.6) is 0 Å². The van der Waals surface area contributed by atoms with Crippen LogP contribution >= 0.6 is 0 Å². The summed E-state index contributed by atoms with van der Waals surface area (Å²) in [4.78, 5) is 9.88. The molecule has 0 aromatic rings. The number of hydrogen-bond donors (Lipinski definition) is 3. The Hall–Kier alpha value is -0.850. The fraction of sp³-hybridized carbons (Fsp3) is 0.833. The Kier molecular flexibility index (Phi) is 7.66. The predicted octanol–water partition coefficient (Wildman–Crippen LogP) is -0.763. The molecule has 0 aromatic carbocycles. The van der Waals surface area contributed by atoms with Crippen molar-refractivity contribution in [3.05, 3.63) is 0 Å². The van der Waals surface area contributed by atoms with Gasteiger partial charge in [-0.25, -0.2) is 4.79 Å². The summed E-state index contributed by atoms with van der Waals surface area (Å²) in [5.41, 5.74) is 0. The number of rotatable bonds is 7. The van der Waals surface area contributed by atoms with Crippen molar-refractivity contribution in [1.29, 1.82) is 0 Å². The Morgan fingerprint density at radius 3 is 2.50 bits per heavy atom. The second kappa shape index (κ2) is 8.25. The number of nitrogens with one attached hydrogen (secondary N) is 1. The standard InChI is InChI=1S/C6H13NO5/c8-1-2-11-3-4-12-5-7-6(9)10/h7-8H,1-5H2,(H,9,10). The van der Waals surface area contributed by atoms with Crippen LogP contribution in [-0.4, -0.2) is 49.5 Å². The molecule has 72 valence electrons. The van der Waals surface area contributed by atoms with Crippen LogP contribution in [0.3, 0.4) is 0 Å². The van der Waals surface area contributed by atoms with Gasteiger partial charge in [-0.1, -0.05) is 0 Å². The van der Waals surface area contributed by atoms with Crippen molar-refractivity contribution in [3.8, 4) is 0 Å². The van der Waals surface area contributed by atoms with Crippen molar-refractivity contribution >= 4 is 6.09 Å². The van der Waals surface area contributed by atoms with Gasteiger partial charge in [-0.2, -0.15) is 0 Å². The highest BCUT2D eigenvalue weighted by atomic mass is 16.5. The van der Waals surface area contributed by atoms with Gasteiger partial charge in [-0.05, 0) is 0 Å². The Labute approximate surface area is 70.1 Å². The number of hydrogen-bond acceptors (Lipinski definition) is 4. The number of carbonyl (C=O) groups is 1. The van der Waals surface area contributed by atoms with Gasteiger partial charge in [-0.3, -0.25) is 5.32 Å². The molecule has 0 aliphatic rings. The largest absolute Gasteiger partial charge is 0.465 e. The maximum absolute atomic E-state index is 9.88. The first-order valence-corrected chi connectivity index (χ1v) is 3.50. The lowest BCUT2D eigenvalue weighted by atomic mass is 10.7. The quantitative estimate of drug-likeness (QED) is 0.353. The fourth-order valence-corrected chi connectivity index (χ4v) is 0.469. The molecule has 0 unspecified atom stereocenters. The maximum atomic E-state index is 9.88. The Bertz CT molecular complexity index is 119. The third kappa shape index (κ3) is 9.15. The van der Waals surface area contributed by atoms with E-state index in [4.69, 9.17) is 19.7 Å². The lowest BCUT2D eigenvalue weighted by Gasteiger charge is -2.03. The maximum Gasteiger partial charge on any atom is 0.406 e.